The van der Waals surface area contributed by atoms with Gasteiger partial charge in [-0.2, -0.15) is 0 Å². The molecule has 1 aliphatic heterocycles. The maximum absolute atomic E-state index is 12.5. The van der Waals surface area contributed by atoms with Crippen LogP contribution in [0.5, 0.6) is 0 Å². The molecule has 7 heteroatoms. The summed E-state index contributed by atoms with van der Waals surface area (Å²) in [5, 5.41) is 13.9. The molecule has 1 fully saturated rings. The Hall–Kier alpha value is -3.74. The second-order valence-corrected chi connectivity index (χ2v) is 8.11. The zero-order valence-electron chi connectivity index (χ0n) is 18.1. The number of anilines is 3. The smallest absolute Gasteiger partial charge is 0.276 e. The minimum absolute atomic E-state index is 0.141. The van der Waals surface area contributed by atoms with Gasteiger partial charge in [0.05, 0.1) is 0 Å². The molecule has 1 aromatic heterocycles. The third-order valence-electron chi connectivity index (χ3n) is 5.65. The van der Waals surface area contributed by atoms with E-state index in [0.29, 0.717) is 17.3 Å². The van der Waals surface area contributed by atoms with Crippen LogP contribution in [-0.4, -0.2) is 35.1 Å². The molecule has 2 heterocycles. The molecule has 164 valence electrons. The van der Waals surface area contributed by atoms with Crippen molar-refractivity contribution < 1.29 is 9.59 Å². The fourth-order valence-corrected chi connectivity index (χ4v) is 3.96. The van der Waals surface area contributed by atoms with Gasteiger partial charge >= 0.3 is 0 Å². The number of nitrogens with zero attached hydrogens (tertiary/aromatic N) is 3. The number of hydrogen-bond donors (Lipinski definition) is 2. The van der Waals surface area contributed by atoms with Gasteiger partial charge in [-0.1, -0.05) is 30.3 Å². The number of rotatable bonds is 6. The Balaban J connectivity index is 1.29. The van der Waals surface area contributed by atoms with Crippen molar-refractivity contribution in [1.29, 1.82) is 0 Å². The van der Waals surface area contributed by atoms with E-state index < -0.39 is 0 Å². The average molecular weight is 430 g/mol. The molecule has 0 bridgehead atoms. The number of piperidine rings is 1. The molecule has 0 spiro atoms. The van der Waals surface area contributed by atoms with Crippen molar-refractivity contribution in [3.63, 3.8) is 0 Å². The molecule has 0 unspecified atom stereocenters. The van der Waals surface area contributed by atoms with E-state index in [-0.39, 0.29) is 17.5 Å². The lowest BCUT2D eigenvalue weighted by Crippen LogP contribution is -2.35. The van der Waals surface area contributed by atoms with Crippen LogP contribution in [0.2, 0.25) is 0 Å². The lowest BCUT2D eigenvalue weighted by atomic mass is 9.90. The number of carbonyl (C=O) groups is 2. The van der Waals surface area contributed by atoms with E-state index in [9.17, 15) is 9.59 Å². The topological polar surface area (TPSA) is 87.2 Å². The Bertz CT molecular complexity index is 1040. The van der Waals surface area contributed by atoms with Crippen LogP contribution in [-0.2, 0) is 11.2 Å². The van der Waals surface area contributed by atoms with Gasteiger partial charge in [0, 0.05) is 31.4 Å². The van der Waals surface area contributed by atoms with E-state index in [2.05, 4.69) is 56.1 Å². The summed E-state index contributed by atoms with van der Waals surface area (Å²) in [6.07, 6.45) is 3.35. The van der Waals surface area contributed by atoms with Gasteiger partial charge in [-0.05, 0) is 67.1 Å². The first-order valence-corrected chi connectivity index (χ1v) is 10.9. The normalized spacial score (nSPS) is 14.1. The number of aromatic nitrogens is 2. The molecular weight excluding hydrogens is 402 g/mol. The fraction of sp³-hybridized carbons (Fsp3) is 0.280. The van der Waals surface area contributed by atoms with E-state index >= 15 is 0 Å². The van der Waals surface area contributed by atoms with Crippen LogP contribution in [0.3, 0.4) is 0 Å². The average Bonchev–Trinajstić information content (AvgIpc) is 2.81. The van der Waals surface area contributed by atoms with Gasteiger partial charge < -0.3 is 15.5 Å². The number of hydrogen-bond acceptors (Lipinski definition) is 5. The lowest BCUT2D eigenvalue weighted by molar-refractivity contribution is -0.114. The highest BCUT2D eigenvalue weighted by atomic mass is 16.2. The van der Waals surface area contributed by atoms with Crippen molar-refractivity contribution in [3.05, 3.63) is 78.0 Å². The number of carbonyl (C=O) groups excluding carboxylic acids is 2. The fourth-order valence-electron chi connectivity index (χ4n) is 3.96. The summed E-state index contributed by atoms with van der Waals surface area (Å²) >= 11 is 0. The quantitative estimate of drug-likeness (QED) is 0.615. The molecule has 4 rings (SSSR count). The first-order valence-electron chi connectivity index (χ1n) is 10.9. The van der Waals surface area contributed by atoms with Crippen LogP contribution in [0.1, 0.15) is 35.8 Å². The molecule has 2 N–H and O–H groups in total. The van der Waals surface area contributed by atoms with Gasteiger partial charge in [0.15, 0.2) is 11.5 Å². The number of amides is 2. The van der Waals surface area contributed by atoms with Gasteiger partial charge in [0.2, 0.25) is 5.91 Å². The number of benzene rings is 2. The maximum atomic E-state index is 12.5. The van der Waals surface area contributed by atoms with Crippen molar-refractivity contribution in [2.24, 2.45) is 5.92 Å². The van der Waals surface area contributed by atoms with E-state index in [1.807, 2.05) is 6.07 Å². The SMILES string of the molecule is CC(=O)Nc1ccc(NC(=O)c2ccc(N3CCC(Cc4ccccc4)CC3)nn2)cc1. The van der Waals surface area contributed by atoms with Crippen molar-refractivity contribution in [2.75, 3.05) is 28.6 Å². The third-order valence-corrected chi connectivity index (χ3v) is 5.65. The van der Waals surface area contributed by atoms with E-state index in [1.54, 1.807) is 30.3 Å². The van der Waals surface area contributed by atoms with Crippen molar-refractivity contribution in [1.82, 2.24) is 10.2 Å². The van der Waals surface area contributed by atoms with Gasteiger partial charge in [0.1, 0.15) is 0 Å². The molecule has 0 saturated carbocycles. The molecule has 32 heavy (non-hydrogen) atoms. The van der Waals surface area contributed by atoms with Crippen molar-refractivity contribution in [3.8, 4) is 0 Å². The Morgan fingerprint density at radius 3 is 2.12 bits per heavy atom. The summed E-state index contributed by atoms with van der Waals surface area (Å²) in [6, 6.07) is 21.1. The molecular formula is C25H27N5O2. The lowest BCUT2D eigenvalue weighted by Gasteiger charge is -2.32. The predicted octanol–water partition coefficient (Wildman–Crippen LogP) is 4.15. The van der Waals surface area contributed by atoms with Crippen molar-refractivity contribution >= 4 is 29.0 Å². The molecule has 3 aromatic rings. The Kier molecular flexibility index (Phi) is 6.75. The Morgan fingerprint density at radius 1 is 0.875 bits per heavy atom. The second kappa shape index (κ2) is 10.0. The van der Waals surface area contributed by atoms with Crippen LogP contribution < -0.4 is 15.5 Å². The van der Waals surface area contributed by atoms with Crippen LogP contribution in [0.15, 0.2) is 66.7 Å². The summed E-state index contributed by atoms with van der Waals surface area (Å²) in [5.41, 5.74) is 2.95. The first kappa shape index (κ1) is 21.5. The zero-order valence-corrected chi connectivity index (χ0v) is 18.1. The van der Waals surface area contributed by atoms with Crippen LogP contribution in [0.4, 0.5) is 17.2 Å². The van der Waals surface area contributed by atoms with E-state index in [0.717, 1.165) is 38.2 Å². The molecule has 0 radical (unpaired) electrons. The molecule has 7 nitrogen and oxygen atoms in total. The standard InChI is InChI=1S/C25H27N5O2/c1-18(31)26-21-7-9-22(10-8-21)27-25(32)23-11-12-24(29-28-23)30-15-13-20(14-16-30)17-19-5-3-2-4-6-19/h2-12,20H,13-17H2,1H3,(H,26,31)(H,27,32). The minimum Gasteiger partial charge on any atom is -0.355 e. The monoisotopic (exact) mass is 429 g/mol. The summed E-state index contributed by atoms with van der Waals surface area (Å²) in [4.78, 5) is 25.8. The molecule has 1 aliphatic rings. The van der Waals surface area contributed by atoms with Gasteiger partial charge in [-0.25, -0.2) is 0 Å². The summed E-state index contributed by atoms with van der Waals surface area (Å²) in [6.45, 7) is 3.34. The van der Waals surface area contributed by atoms with Crippen LogP contribution in [0, 0.1) is 5.92 Å². The highest BCUT2D eigenvalue weighted by Gasteiger charge is 2.21. The van der Waals surface area contributed by atoms with Gasteiger partial charge in [0.25, 0.3) is 5.91 Å². The molecule has 2 amide bonds. The summed E-state index contributed by atoms with van der Waals surface area (Å²) in [7, 11) is 0. The largest absolute Gasteiger partial charge is 0.355 e. The molecule has 0 atom stereocenters. The first-order chi connectivity index (χ1) is 15.6. The molecule has 2 aromatic carbocycles. The third kappa shape index (κ3) is 5.69. The van der Waals surface area contributed by atoms with Crippen LogP contribution >= 0.6 is 0 Å². The van der Waals surface area contributed by atoms with E-state index in [1.165, 1.54) is 12.5 Å². The van der Waals surface area contributed by atoms with E-state index in [4.69, 9.17) is 0 Å². The highest BCUT2D eigenvalue weighted by Crippen LogP contribution is 2.24. The summed E-state index contributed by atoms with van der Waals surface area (Å²) < 4.78 is 0. The maximum Gasteiger partial charge on any atom is 0.276 e. The Morgan fingerprint density at radius 2 is 1.53 bits per heavy atom. The predicted molar refractivity (Wildman–Crippen MR) is 126 cm³/mol. The Labute approximate surface area is 187 Å². The van der Waals surface area contributed by atoms with Crippen molar-refractivity contribution in [2.45, 2.75) is 26.2 Å². The summed E-state index contributed by atoms with van der Waals surface area (Å²) in [5.74, 6) is 1.03. The van der Waals surface area contributed by atoms with Gasteiger partial charge in [-0.15, -0.1) is 10.2 Å². The minimum atomic E-state index is -0.321. The second-order valence-electron chi connectivity index (χ2n) is 8.11. The molecule has 0 aliphatic carbocycles. The zero-order chi connectivity index (χ0) is 22.3. The van der Waals surface area contributed by atoms with Gasteiger partial charge in [-0.3, -0.25) is 9.59 Å². The highest BCUT2D eigenvalue weighted by molar-refractivity contribution is 6.03. The molecule has 1 saturated heterocycles. The van der Waals surface area contributed by atoms with Crippen LogP contribution in [0.25, 0.3) is 0 Å². The number of nitrogens with one attached hydrogen (secondary N) is 2.